The van der Waals surface area contributed by atoms with Crippen molar-refractivity contribution < 1.29 is 23.1 Å². The van der Waals surface area contributed by atoms with Gasteiger partial charge in [-0.2, -0.15) is 13.2 Å². The average Bonchev–Trinajstić information content (AvgIpc) is 2.41. The van der Waals surface area contributed by atoms with Gasteiger partial charge in [-0.1, -0.05) is 23.7 Å². The van der Waals surface area contributed by atoms with Crippen molar-refractivity contribution in [3.05, 3.63) is 58.6 Å². The number of benzene rings is 2. The molecular weight excluding hydrogens is 307 g/mol. The number of phenols is 1. The van der Waals surface area contributed by atoms with Gasteiger partial charge in [-0.25, -0.2) is 0 Å². The SMILES string of the molecule is O=C(Nc1ccccc1C(F)(F)F)c1ccc(O)c(Cl)c1. The van der Waals surface area contributed by atoms with Crippen molar-refractivity contribution in [3.8, 4) is 5.75 Å². The number of hydrogen-bond acceptors (Lipinski definition) is 2. The molecule has 0 saturated carbocycles. The maximum Gasteiger partial charge on any atom is 0.418 e. The van der Waals surface area contributed by atoms with Crippen molar-refractivity contribution in [2.24, 2.45) is 0 Å². The largest absolute Gasteiger partial charge is 0.506 e. The molecule has 2 N–H and O–H groups in total. The number of anilines is 1. The zero-order valence-electron chi connectivity index (χ0n) is 10.4. The molecule has 1 amide bonds. The summed E-state index contributed by atoms with van der Waals surface area (Å²) in [5, 5.41) is 11.4. The molecular formula is C14H9ClF3NO2. The fraction of sp³-hybridized carbons (Fsp3) is 0.0714. The molecule has 0 saturated heterocycles. The van der Waals surface area contributed by atoms with Crippen molar-refractivity contribution >= 4 is 23.2 Å². The summed E-state index contributed by atoms with van der Waals surface area (Å²) in [5.74, 6) is -0.975. The van der Waals surface area contributed by atoms with Crippen molar-refractivity contribution in [1.82, 2.24) is 0 Å². The lowest BCUT2D eigenvalue weighted by molar-refractivity contribution is -0.136. The molecule has 0 fully saturated rings. The summed E-state index contributed by atoms with van der Waals surface area (Å²) < 4.78 is 38.4. The molecule has 0 aliphatic rings. The molecule has 2 aromatic carbocycles. The van der Waals surface area contributed by atoms with Gasteiger partial charge in [0.2, 0.25) is 0 Å². The standard InChI is InChI=1S/C14H9ClF3NO2/c15-10-7-8(5-6-12(10)20)13(21)19-11-4-2-1-3-9(11)14(16,17)18/h1-7,20H,(H,19,21). The molecule has 0 spiro atoms. The van der Waals surface area contributed by atoms with Gasteiger partial charge < -0.3 is 10.4 Å². The lowest BCUT2D eigenvalue weighted by Crippen LogP contribution is -2.16. The Bertz CT molecular complexity index is 686. The van der Waals surface area contributed by atoms with Crippen LogP contribution in [0.4, 0.5) is 18.9 Å². The fourth-order valence-electron chi connectivity index (χ4n) is 1.68. The second-order valence-electron chi connectivity index (χ2n) is 4.16. The summed E-state index contributed by atoms with van der Waals surface area (Å²) in [6.07, 6.45) is -4.57. The average molecular weight is 316 g/mol. The Morgan fingerprint density at radius 2 is 1.81 bits per heavy atom. The van der Waals surface area contributed by atoms with Gasteiger partial charge >= 0.3 is 6.18 Å². The minimum absolute atomic E-state index is 0.0368. The van der Waals surface area contributed by atoms with E-state index in [0.717, 1.165) is 12.1 Å². The van der Waals surface area contributed by atoms with Crippen LogP contribution in [-0.4, -0.2) is 11.0 Å². The van der Waals surface area contributed by atoms with Crippen LogP contribution in [0.5, 0.6) is 5.75 Å². The monoisotopic (exact) mass is 315 g/mol. The molecule has 0 aromatic heterocycles. The van der Waals surface area contributed by atoms with Crippen LogP contribution in [0.3, 0.4) is 0 Å². The number of phenolic OH excluding ortho intramolecular Hbond substituents is 1. The van der Waals surface area contributed by atoms with Crippen LogP contribution < -0.4 is 5.32 Å². The second-order valence-corrected chi connectivity index (χ2v) is 4.57. The Morgan fingerprint density at radius 1 is 1.14 bits per heavy atom. The Labute approximate surface area is 123 Å². The molecule has 0 atom stereocenters. The van der Waals surface area contributed by atoms with Gasteiger partial charge in [-0.05, 0) is 30.3 Å². The zero-order valence-corrected chi connectivity index (χ0v) is 11.2. The number of alkyl halides is 3. The summed E-state index contributed by atoms with van der Waals surface area (Å²) in [6.45, 7) is 0. The number of carbonyl (C=O) groups excluding carboxylic acids is 1. The molecule has 21 heavy (non-hydrogen) atoms. The third kappa shape index (κ3) is 3.46. The predicted molar refractivity (Wildman–Crippen MR) is 72.5 cm³/mol. The summed E-state index contributed by atoms with van der Waals surface area (Å²) in [4.78, 5) is 11.9. The van der Waals surface area contributed by atoms with E-state index >= 15 is 0 Å². The van der Waals surface area contributed by atoms with Gasteiger partial charge in [0.05, 0.1) is 16.3 Å². The molecule has 7 heteroatoms. The highest BCUT2D eigenvalue weighted by Gasteiger charge is 2.33. The van der Waals surface area contributed by atoms with Crippen molar-refractivity contribution in [1.29, 1.82) is 0 Å². The Kier molecular flexibility index (Phi) is 4.09. The van der Waals surface area contributed by atoms with E-state index in [1.54, 1.807) is 0 Å². The van der Waals surface area contributed by atoms with Crippen LogP contribution >= 0.6 is 11.6 Å². The molecule has 0 heterocycles. The van der Waals surface area contributed by atoms with Crippen molar-refractivity contribution in [2.45, 2.75) is 6.18 Å². The number of rotatable bonds is 2. The first kappa shape index (κ1) is 15.2. The van der Waals surface area contributed by atoms with Crippen LogP contribution in [0, 0.1) is 0 Å². The molecule has 2 aromatic rings. The molecule has 110 valence electrons. The first-order chi connectivity index (χ1) is 9.79. The third-order valence-corrected chi connectivity index (χ3v) is 2.99. The van der Waals surface area contributed by atoms with Crippen molar-refractivity contribution in [2.75, 3.05) is 5.32 Å². The van der Waals surface area contributed by atoms with Gasteiger partial charge in [0, 0.05) is 5.56 Å². The zero-order chi connectivity index (χ0) is 15.6. The highest BCUT2D eigenvalue weighted by Crippen LogP contribution is 2.34. The molecule has 3 nitrogen and oxygen atoms in total. The normalized spacial score (nSPS) is 11.2. The lowest BCUT2D eigenvalue weighted by Gasteiger charge is -2.13. The number of amides is 1. The fourth-order valence-corrected chi connectivity index (χ4v) is 1.86. The van der Waals surface area contributed by atoms with E-state index in [9.17, 15) is 23.1 Å². The van der Waals surface area contributed by atoms with Crippen LogP contribution in [0.2, 0.25) is 5.02 Å². The Balaban J connectivity index is 2.30. The highest BCUT2D eigenvalue weighted by molar-refractivity contribution is 6.32. The highest BCUT2D eigenvalue weighted by atomic mass is 35.5. The van der Waals surface area contributed by atoms with Gasteiger partial charge in [-0.15, -0.1) is 0 Å². The molecule has 0 aliphatic carbocycles. The number of carbonyl (C=O) groups is 1. The van der Waals surface area contributed by atoms with Gasteiger partial charge in [0.25, 0.3) is 5.91 Å². The topological polar surface area (TPSA) is 49.3 Å². The van der Waals surface area contributed by atoms with E-state index in [0.29, 0.717) is 0 Å². The van der Waals surface area contributed by atoms with Gasteiger partial charge in [0.15, 0.2) is 0 Å². The van der Waals surface area contributed by atoms with E-state index < -0.39 is 17.6 Å². The first-order valence-corrected chi connectivity index (χ1v) is 6.13. The summed E-state index contributed by atoms with van der Waals surface area (Å²) in [5.41, 5.74) is -1.25. The summed E-state index contributed by atoms with van der Waals surface area (Å²) in [7, 11) is 0. The van der Waals surface area contributed by atoms with E-state index in [1.807, 2.05) is 0 Å². The number of hydrogen-bond donors (Lipinski definition) is 2. The lowest BCUT2D eigenvalue weighted by atomic mass is 10.1. The quantitative estimate of drug-likeness (QED) is 0.867. The van der Waals surface area contributed by atoms with Crippen LogP contribution in [0.1, 0.15) is 15.9 Å². The molecule has 0 bridgehead atoms. The minimum atomic E-state index is -4.57. The number of nitrogens with one attached hydrogen (secondary N) is 1. The Hall–Kier alpha value is -2.21. The van der Waals surface area contributed by atoms with E-state index in [-0.39, 0.29) is 22.0 Å². The van der Waals surface area contributed by atoms with Crippen LogP contribution in [-0.2, 0) is 6.18 Å². The first-order valence-electron chi connectivity index (χ1n) is 5.75. The van der Waals surface area contributed by atoms with Crippen LogP contribution in [0.15, 0.2) is 42.5 Å². The molecule has 0 aliphatic heterocycles. The molecule has 0 radical (unpaired) electrons. The van der Waals surface area contributed by atoms with Crippen molar-refractivity contribution in [3.63, 3.8) is 0 Å². The van der Waals surface area contributed by atoms with Crippen LogP contribution in [0.25, 0.3) is 0 Å². The summed E-state index contributed by atoms with van der Waals surface area (Å²) >= 11 is 5.65. The van der Waals surface area contributed by atoms with E-state index in [2.05, 4.69) is 5.32 Å². The smallest absolute Gasteiger partial charge is 0.418 e. The summed E-state index contributed by atoms with van der Waals surface area (Å²) in [6, 6.07) is 8.26. The van der Waals surface area contributed by atoms with Gasteiger partial charge in [-0.3, -0.25) is 4.79 Å². The number of aromatic hydroxyl groups is 1. The number of para-hydroxylation sites is 1. The molecule has 0 unspecified atom stereocenters. The number of halogens is 4. The predicted octanol–water partition coefficient (Wildman–Crippen LogP) is 4.32. The molecule has 2 rings (SSSR count). The Morgan fingerprint density at radius 3 is 2.43 bits per heavy atom. The van der Waals surface area contributed by atoms with Gasteiger partial charge in [0.1, 0.15) is 5.75 Å². The second kappa shape index (κ2) is 5.65. The minimum Gasteiger partial charge on any atom is -0.506 e. The third-order valence-electron chi connectivity index (χ3n) is 2.69. The van der Waals surface area contributed by atoms with E-state index in [4.69, 9.17) is 11.6 Å². The maximum absolute atomic E-state index is 12.8. The van der Waals surface area contributed by atoms with E-state index in [1.165, 1.54) is 30.3 Å². The maximum atomic E-state index is 12.8.